The van der Waals surface area contributed by atoms with Crippen LogP contribution in [0.4, 0.5) is 0 Å². The molecule has 584 valence electrons. The SMILES string of the molecule is CSCC[C@H](NC(=O)[C@H](CCC(=O)O)NC(=O)[C@H](CCC(N)=O)NC(=O)[C@@H](NC(=O)CNC(=O)[C@H](CCCCN)NC(=O)[C@@H](NC(=O)[C@H](CCCCN)NC(=O)CN)C(C)C)[C@@H](C)O)C(=O)N[C@@H](CCCCN)C(=O)N[C@@H](CC(N)=O)C(=O)N[C@@H](CC(N)=O)C(=O)N[C@@H](Cc1ccc(O)cc1)C(=O)O. The molecule has 0 aliphatic rings. The molecule has 1 aromatic carbocycles. The number of rotatable bonds is 54. The molecule has 40 nitrogen and oxygen atoms in total. The molecule has 0 unspecified atom stereocenters. The van der Waals surface area contributed by atoms with Crippen LogP contribution >= 0.6 is 11.8 Å². The first-order valence-corrected chi connectivity index (χ1v) is 35.1. The standard InChI is InChI=1S/C63H105N19O21S/c1-32(2)51(82-58(97)37(12-6-9-24-65)72-48(88)30-67)61(100)76-36(11-5-8-23-64)53(92)71-31-49(89)81-52(33(3)83)62(101)77-39(18-20-45(68)85)55(94)74-40(19-21-50(90)91)56(95)75-41(22-26-104-4)57(96)73-38(13-7-10-25-66)54(93)78-42(28-46(69)86)59(98)79-43(29-47(70)87)60(99)80-44(63(102)103)27-34-14-16-35(84)17-15-34/h14-17,32-33,36-44,51-52,83-84H,5-13,18-31,64-67H2,1-4H3,(H2,68,85)(H2,69,86)(H2,70,87)(H,71,92)(H,72,88)(H,73,96)(H,74,94)(H,75,95)(H,76,100)(H,77,101)(H,78,93)(H,79,98)(H,80,99)(H,81,89)(H,82,97)(H,90,91)(H,102,103)/t33-,36+,37+,38+,39+,40+,41+,42+,43+,44+,51+,52+/m1/s1. The molecule has 0 saturated carbocycles. The molecule has 41 heteroatoms. The summed E-state index contributed by atoms with van der Waals surface area (Å²) >= 11 is 1.19. The molecule has 0 aliphatic carbocycles. The van der Waals surface area contributed by atoms with Gasteiger partial charge >= 0.3 is 11.9 Å². The molecule has 12 atom stereocenters. The number of thioether (sulfide) groups is 1. The van der Waals surface area contributed by atoms with E-state index in [-0.39, 0.29) is 69.5 Å². The van der Waals surface area contributed by atoms with E-state index >= 15 is 0 Å². The summed E-state index contributed by atoms with van der Waals surface area (Å²) in [6.45, 7) is 3.61. The average molecular weight is 1500 g/mol. The van der Waals surface area contributed by atoms with Gasteiger partial charge in [-0.15, -0.1) is 0 Å². The number of aliphatic hydroxyl groups is 1. The first kappa shape index (κ1) is 92.2. The summed E-state index contributed by atoms with van der Waals surface area (Å²) in [6.07, 6.45) is -3.29. The number of aliphatic hydroxyl groups excluding tert-OH is 1. The molecule has 1 rings (SSSR count). The van der Waals surface area contributed by atoms with E-state index in [9.17, 15) is 102 Å². The highest BCUT2D eigenvalue weighted by Gasteiger charge is 2.38. The van der Waals surface area contributed by atoms with E-state index in [4.69, 9.17) is 40.1 Å². The van der Waals surface area contributed by atoms with Crippen molar-refractivity contribution in [1.29, 1.82) is 0 Å². The monoisotopic (exact) mass is 1500 g/mol. The number of hydrogen-bond donors (Lipinski definition) is 23. The van der Waals surface area contributed by atoms with Crippen LogP contribution in [0.2, 0.25) is 0 Å². The summed E-state index contributed by atoms with van der Waals surface area (Å²) < 4.78 is 0. The van der Waals surface area contributed by atoms with Crippen molar-refractivity contribution in [2.45, 2.75) is 202 Å². The number of nitrogens with one attached hydrogen (secondary N) is 12. The summed E-state index contributed by atoms with van der Waals surface area (Å²) in [5.41, 5.74) is 39.0. The van der Waals surface area contributed by atoms with Crippen molar-refractivity contribution in [3.63, 3.8) is 0 Å². The number of primary amides is 3. The van der Waals surface area contributed by atoms with Gasteiger partial charge in [0.05, 0.1) is 32.0 Å². The van der Waals surface area contributed by atoms with Crippen molar-refractivity contribution in [2.75, 3.05) is 44.7 Å². The van der Waals surface area contributed by atoms with Crippen LogP contribution in [0.5, 0.6) is 5.75 Å². The number of carbonyl (C=O) groups excluding carboxylic acids is 15. The molecule has 0 radical (unpaired) electrons. The third-order valence-corrected chi connectivity index (χ3v) is 16.2. The zero-order chi connectivity index (χ0) is 78.8. The minimum absolute atomic E-state index is 0.0150. The Labute approximate surface area is 604 Å². The zero-order valence-electron chi connectivity index (χ0n) is 58.8. The van der Waals surface area contributed by atoms with Gasteiger partial charge in [0.2, 0.25) is 88.6 Å². The normalized spacial score (nSPS) is 14.5. The number of hydrogen-bond acceptors (Lipinski definition) is 24. The fourth-order valence-corrected chi connectivity index (χ4v) is 10.4. The molecule has 1 aromatic rings. The third-order valence-electron chi connectivity index (χ3n) is 15.6. The highest BCUT2D eigenvalue weighted by atomic mass is 32.2. The van der Waals surface area contributed by atoms with Crippen LogP contribution < -0.4 is 104 Å². The predicted octanol–water partition coefficient (Wildman–Crippen LogP) is -8.51. The van der Waals surface area contributed by atoms with Crippen LogP contribution in [0.3, 0.4) is 0 Å². The van der Waals surface area contributed by atoms with Crippen LogP contribution in [-0.4, -0.2) is 238 Å². The van der Waals surface area contributed by atoms with Crippen molar-refractivity contribution in [3.8, 4) is 5.75 Å². The number of aliphatic carboxylic acids is 2. The van der Waals surface area contributed by atoms with Gasteiger partial charge in [0.15, 0.2) is 0 Å². The molecule has 0 aliphatic heterocycles. The van der Waals surface area contributed by atoms with Crippen LogP contribution in [0.25, 0.3) is 0 Å². The summed E-state index contributed by atoms with van der Waals surface area (Å²) in [4.78, 5) is 226. The van der Waals surface area contributed by atoms with Crippen LogP contribution in [0.1, 0.15) is 129 Å². The molecule has 0 heterocycles. The highest BCUT2D eigenvalue weighted by molar-refractivity contribution is 7.98. The number of nitrogens with two attached hydrogens (primary N) is 7. The zero-order valence-corrected chi connectivity index (χ0v) is 59.6. The van der Waals surface area contributed by atoms with E-state index < -0.39 is 231 Å². The number of aromatic hydroxyl groups is 1. The predicted molar refractivity (Wildman–Crippen MR) is 374 cm³/mol. The van der Waals surface area contributed by atoms with Gasteiger partial charge in [-0.2, -0.15) is 11.8 Å². The Kier molecular flexibility index (Phi) is 44.1. The summed E-state index contributed by atoms with van der Waals surface area (Å²) in [5.74, 6) is -19.6. The third kappa shape index (κ3) is 36.9. The Balaban J connectivity index is 3.53. The second-order valence-electron chi connectivity index (χ2n) is 24.7. The number of unbranched alkanes of at least 4 members (excludes halogenated alkanes) is 3. The first-order chi connectivity index (χ1) is 49.0. The maximum atomic E-state index is 14.3. The Morgan fingerprint density at radius 1 is 0.413 bits per heavy atom. The van der Waals surface area contributed by atoms with Crippen molar-refractivity contribution in [3.05, 3.63) is 29.8 Å². The molecule has 0 spiro atoms. The fourth-order valence-electron chi connectivity index (χ4n) is 9.89. The van der Waals surface area contributed by atoms with Gasteiger partial charge in [0.1, 0.15) is 72.2 Å². The minimum atomic E-state index is -1.95. The Hall–Kier alpha value is -9.84. The van der Waals surface area contributed by atoms with Gasteiger partial charge in [-0.25, -0.2) is 4.79 Å². The first-order valence-electron chi connectivity index (χ1n) is 33.7. The number of benzene rings is 1. The van der Waals surface area contributed by atoms with E-state index in [1.54, 1.807) is 20.1 Å². The molecule has 0 fully saturated rings. The lowest BCUT2D eigenvalue weighted by molar-refractivity contribution is -0.142. The molecule has 0 bridgehead atoms. The van der Waals surface area contributed by atoms with Crippen molar-refractivity contribution >= 4 is 112 Å². The van der Waals surface area contributed by atoms with Gasteiger partial charge in [0.25, 0.3) is 0 Å². The van der Waals surface area contributed by atoms with Gasteiger partial charge in [0, 0.05) is 19.3 Å². The van der Waals surface area contributed by atoms with E-state index in [0.717, 1.165) is 6.92 Å². The van der Waals surface area contributed by atoms with E-state index in [2.05, 4.69) is 63.8 Å². The largest absolute Gasteiger partial charge is 0.508 e. The van der Waals surface area contributed by atoms with Crippen LogP contribution in [-0.2, 0) is 87.9 Å². The molecule has 104 heavy (non-hydrogen) atoms. The maximum Gasteiger partial charge on any atom is 0.326 e. The lowest BCUT2D eigenvalue weighted by Crippen LogP contribution is -2.61. The molecule has 0 aromatic heterocycles. The molecular formula is C63H105N19O21S. The van der Waals surface area contributed by atoms with E-state index in [1.807, 2.05) is 0 Å². The summed E-state index contributed by atoms with van der Waals surface area (Å²) in [7, 11) is 0. The van der Waals surface area contributed by atoms with E-state index in [0.29, 0.717) is 37.8 Å². The Morgan fingerprint density at radius 2 is 0.788 bits per heavy atom. The lowest BCUT2D eigenvalue weighted by atomic mass is 10.0. The average Bonchev–Trinajstić information content (AvgIpc) is 0.859. The van der Waals surface area contributed by atoms with Crippen molar-refractivity contribution < 1.29 is 102 Å². The Morgan fingerprint density at radius 3 is 1.18 bits per heavy atom. The Bertz CT molecular complexity index is 3080. The van der Waals surface area contributed by atoms with E-state index in [1.165, 1.54) is 36.0 Å². The number of carboxylic acid groups (broad SMARTS) is 2. The molecule has 30 N–H and O–H groups in total. The quantitative estimate of drug-likeness (QED) is 0.0269. The number of phenolic OH excluding ortho intramolecular Hbond substituents is 1. The summed E-state index contributed by atoms with van der Waals surface area (Å²) in [5, 5.41) is 68.4. The fraction of sp³-hybridized carbons (Fsp3) is 0.635. The second-order valence-corrected chi connectivity index (χ2v) is 25.7. The number of carbonyl (C=O) groups is 17. The van der Waals surface area contributed by atoms with Crippen LogP contribution in [0.15, 0.2) is 24.3 Å². The number of amides is 15. The number of carboxylic acids is 2. The van der Waals surface area contributed by atoms with Crippen molar-refractivity contribution in [1.82, 2.24) is 63.8 Å². The van der Waals surface area contributed by atoms with Crippen molar-refractivity contribution in [2.24, 2.45) is 46.1 Å². The number of phenols is 1. The topological polar surface area (TPSA) is 698 Å². The molecule has 15 amide bonds. The second kappa shape index (κ2) is 49.7. The van der Waals surface area contributed by atoms with Gasteiger partial charge in [-0.3, -0.25) is 76.7 Å². The van der Waals surface area contributed by atoms with Crippen LogP contribution in [0, 0.1) is 5.92 Å². The van der Waals surface area contributed by atoms with Gasteiger partial charge in [-0.05, 0) is 139 Å². The smallest absolute Gasteiger partial charge is 0.326 e. The lowest BCUT2D eigenvalue weighted by Gasteiger charge is -2.28. The van der Waals surface area contributed by atoms with Gasteiger partial charge < -0.3 is 124 Å². The summed E-state index contributed by atoms with van der Waals surface area (Å²) in [6, 6.07) is -12.8. The molecule has 0 saturated heterocycles. The highest BCUT2D eigenvalue weighted by Crippen LogP contribution is 2.15. The molecular weight excluding hydrogens is 1390 g/mol. The van der Waals surface area contributed by atoms with Gasteiger partial charge in [-0.1, -0.05) is 26.0 Å². The maximum absolute atomic E-state index is 14.3. The minimum Gasteiger partial charge on any atom is -0.508 e.